The van der Waals surface area contributed by atoms with Crippen LogP contribution in [0.3, 0.4) is 0 Å². The second-order valence-electron chi connectivity index (χ2n) is 4.84. The molecule has 0 saturated carbocycles. The van der Waals surface area contributed by atoms with Crippen LogP contribution < -0.4 is 5.73 Å². The molecule has 3 N–H and O–H groups in total. The maximum absolute atomic E-state index is 9.75. The molecule has 0 bridgehead atoms. The molecule has 2 rings (SSSR count). The van der Waals surface area contributed by atoms with E-state index < -0.39 is 0 Å². The van der Waals surface area contributed by atoms with Crippen molar-refractivity contribution in [3.05, 3.63) is 29.2 Å². The molecule has 0 aliphatic carbocycles. The van der Waals surface area contributed by atoms with Gasteiger partial charge in [0.1, 0.15) is 5.75 Å². The Balaban J connectivity index is 2.28. The van der Waals surface area contributed by atoms with Crippen molar-refractivity contribution in [2.24, 2.45) is 5.73 Å². The highest BCUT2D eigenvalue weighted by Gasteiger charge is 2.13. The summed E-state index contributed by atoms with van der Waals surface area (Å²) in [5, 5.41) is 13.7. The Bertz CT molecular complexity index is 555. The molecule has 0 aliphatic heterocycles. The Labute approximate surface area is 112 Å². The first-order valence-electron chi connectivity index (χ1n) is 6.40. The zero-order valence-electron chi connectivity index (χ0n) is 11.5. The quantitative estimate of drug-likeness (QED) is 0.882. The molecular formula is C14H19N3O2. The van der Waals surface area contributed by atoms with Gasteiger partial charge in [-0.3, -0.25) is 0 Å². The highest BCUT2D eigenvalue weighted by atomic mass is 16.5. The van der Waals surface area contributed by atoms with Gasteiger partial charge in [0.15, 0.2) is 0 Å². The van der Waals surface area contributed by atoms with Crippen LogP contribution in [0.1, 0.15) is 30.4 Å². The van der Waals surface area contributed by atoms with E-state index in [9.17, 15) is 5.11 Å². The molecule has 1 unspecified atom stereocenters. The Morgan fingerprint density at radius 2 is 1.95 bits per heavy atom. The zero-order chi connectivity index (χ0) is 14.0. The molecule has 1 aromatic heterocycles. The Morgan fingerprint density at radius 1 is 1.32 bits per heavy atom. The van der Waals surface area contributed by atoms with E-state index in [1.54, 1.807) is 0 Å². The van der Waals surface area contributed by atoms with E-state index in [1.807, 2.05) is 32.9 Å². The summed E-state index contributed by atoms with van der Waals surface area (Å²) in [6, 6.07) is 3.73. The van der Waals surface area contributed by atoms with Gasteiger partial charge in [-0.2, -0.15) is 4.98 Å². The van der Waals surface area contributed by atoms with E-state index in [0.29, 0.717) is 23.9 Å². The van der Waals surface area contributed by atoms with E-state index in [2.05, 4.69) is 10.1 Å². The van der Waals surface area contributed by atoms with Gasteiger partial charge in [-0.15, -0.1) is 0 Å². The summed E-state index contributed by atoms with van der Waals surface area (Å²) in [6.07, 6.45) is 1.45. The fraction of sp³-hybridized carbons (Fsp3) is 0.429. The summed E-state index contributed by atoms with van der Waals surface area (Å²) in [4.78, 5) is 4.34. The normalized spacial score (nSPS) is 12.6. The van der Waals surface area contributed by atoms with Gasteiger partial charge in [-0.05, 0) is 43.5 Å². The van der Waals surface area contributed by atoms with Gasteiger partial charge in [0.05, 0.1) is 0 Å². The number of benzene rings is 1. The van der Waals surface area contributed by atoms with E-state index in [-0.39, 0.29) is 6.04 Å². The lowest BCUT2D eigenvalue weighted by Gasteiger charge is -2.04. The summed E-state index contributed by atoms with van der Waals surface area (Å²) in [7, 11) is 0. The molecule has 0 spiro atoms. The number of nitrogens with two attached hydrogens (primary N) is 1. The minimum Gasteiger partial charge on any atom is -0.507 e. The van der Waals surface area contributed by atoms with Gasteiger partial charge in [0.2, 0.25) is 11.7 Å². The van der Waals surface area contributed by atoms with E-state index >= 15 is 0 Å². The lowest BCUT2D eigenvalue weighted by molar-refractivity contribution is 0.368. The number of aromatic nitrogens is 2. The number of aromatic hydroxyl groups is 1. The molecule has 1 atom stereocenters. The lowest BCUT2D eigenvalue weighted by Crippen LogP contribution is -2.21. The predicted octanol–water partition coefficient (Wildman–Crippen LogP) is 2.34. The third kappa shape index (κ3) is 2.93. The van der Waals surface area contributed by atoms with Crippen molar-refractivity contribution in [3.8, 4) is 17.1 Å². The van der Waals surface area contributed by atoms with Crippen molar-refractivity contribution in [2.45, 2.75) is 39.7 Å². The second-order valence-corrected chi connectivity index (χ2v) is 4.84. The molecular weight excluding hydrogens is 242 g/mol. The summed E-state index contributed by atoms with van der Waals surface area (Å²) in [5.74, 6) is 1.39. The van der Waals surface area contributed by atoms with Crippen molar-refractivity contribution in [2.75, 3.05) is 0 Å². The van der Waals surface area contributed by atoms with Crippen LogP contribution in [0.15, 0.2) is 16.7 Å². The van der Waals surface area contributed by atoms with Gasteiger partial charge in [0.25, 0.3) is 0 Å². The van der Waals surface area contributed by atoms with E-state index in [0.717, 1.165) is 23.1 Å². The highest BCUT2D eigenvalue weighted by molar-refractivity contribution is 5.60. The molecule has 5 nitrogen and oxygen atoms in total. The fourth-order valence-corrected chi connectivity index (χ4v) is 1.91. The van der Waals surface area contributed by atoms with Crippen molar-refractivity contribution >= 4 is 0 Å². The Kier molecular flexibility index (Phi) is 3.85. The maximum atomic E-state index is 9.75. The predicted molar refractivity (Wildman–Crippen MR) is 72.8 cm³/mol. The summed E-state index contributed by atoms with van der Waals surface area (Å²) < 4.78 is 5.20. The highest BCUT2D eigenvalue weighted by Crippen LogP contribution is 2.27. The van der Waals surface area contributed by atoms with Crippen LogP contribution in [0.2, 0.25) is 0 Å². The number of hydrogen-bond acceptors (Lipinski definition) is 5. The summed E-state index contributed by atoms with van der Waals surface area (Å²) in [5.41, 5.74) is 8.30. The average molecular weight is 261 g/mol. The first-order valence-corrected chi connectivity index (χ1v) is 6.40. The van der Waals surface area contributed by atoms with Crippen molar-refractivity contribution in [3.63, 3.8) is 0 Å². The monoisotopic (exact) mass is 261 g/mol. The molecule has 1 heterocycles. The minimum absolute atomic E-state index is 0.0385. The number of rotatable bonds is 4. The number of phenolic OH excluding ortho intramolecular Hbond substituents is 1. The SMILES string of the molecule is CCC(N)Cc1nc(-c2cc(C)c(O)c(C)c2)no1. The minimum atomic E-state index is 0.0385. The summed E-state index contributed by atoms with van der Waals surface area (Å²) in [6.45, 7) is 5.72. The van der Waals surface area contributed by atoms with Gasteiger partial charge >= 0.3 is 0 Å². The Hall–Kier alpha value is -1.88. The van der Waals surface area contributed by atoms with Gasteiger partial charge < -0.3 is 15.4 Å². The number of hydrogen-bond donors (Lipinski definition) is 2. The first kappa shape index (κ1) is 13.5. The van der Waals surface area contributed by atoms with Crippen LogP contribution in [-0.2, 0) is 6.42 Å². The molecule has 19 heavy (non-hydrogen) atoms. The molecule has 0 fully saturated rings. The van der Waals surface area contributed by atoms with Crippen molar-refractivity contribution in [1.82, 2.24) is 10.1 Å². The van der Waals surface area contributed by atoms with Gasteiger partial charge in [-0.25, -0.2) is 0 Å². The lowest BCUT2D eigenvalue weighted by atomic mass is 10.1. The van der Waals surface area contributed by atoms with Crippen LogP contribution in [0.5, 0.6) is 5.75 Å². The first-order chi connectivity index (χ1) is 9.01. The van der Waals surface area contributed by atoms with E-state index in [1.165, 1.54) is 0 Å². The van der Waals surface area contributed by atoms with Crippen LogP contribution in [0, 0.1) is 13.8 Å². The smallest absolute Gasteiger partial charge is 0.228 e. The second kappa shape index (κ2) is 5.40. The molecule has 2 aromatic rings. The molecule has 1 aromatic carbocycles. The van der Waals surface area contributed by atoms with Gasteiger partial charge in [0, 0.05) is 18.0 Å². The topological polar surface area (TPSA) is 85.2 Å². The molecule has 102 valence electrons. The Morgan fingerprint density at radius 3 is 2.53 bits per heavy atom. The molecule has 0 amide bonds. The molecule has 0 radical (unpaired) electrons. The maximum Gasteiger partial charge on any atom is 0.228 e. The van der Waals surface area contributed by atoms with Crippen molar-refractivity contribution < 1.29 is 9.63 Å². The van der Waals surface area contributed by atoms with Crippen molar-refractivity contribution in [1.29, 1.82) is 0 Å². The van der Waals surface area contributed by atoms with Gasteiger partial charge in [-0.1, -0.05) is 12.1 Å². The van der Waals surface area contributed by atoms with Crippen LogP contribution in [-0.4, -0.2) is 21.3 Å². The average Bonchev–Trinajstić information content (AvgIpc) is 2.83. The third-order valence-corrected chi connectivity index (χ3v) is 3.18. The fourth-order valence-electron chi connectivity index (χ4n) is 1.91. The molecule has 0 aliphatic rings. The molecule has 5 heteroatoms. The third-order valence-electron chi connectivity index (χ3n) is 3.18. The number of aryl methyl sites for hydroxylation is 2. The number of nitrogens with zero attached hydrogens (tertiary/aromatic N) is 2. The van der Waals surface area contributed by atoms with Crippen LogP contribution in [0.4, 0.5) is 0 Å². The molecule has 0 saturated heterocycles. The van der Waals surface area contributed by atoms with Crippen LogP contribution >= 0.6 is 0 Å². The summed E-state index contributed by atoms with van der Waals surface area (Å²) >= 11 is 0. The standard InChI is InChI=1S/C14H19N3O2/c1-4-11(15)7-12-16-14(17-19-12)10-5-8(2)13(18)9(3)6-10/h5-6,11,18H,4,7,15H2,1-3H3. The van der Waals surface area contributed by atoms with Crippen LogP contribution in [0.25, 0.3) is 11.4 Å². The zero-order valence-corrected chi connectivity index (χ0v) is 11.5. The largest absolute Gasteiger partial charge is 0.507 e. The van der Waals surface area contributed by atoms with E-state index in [4.69, 9.17) is 10.3 Å². The number of phenols is 1.